The van der Waals surface area contributed by atoms with Crippen molar-refractivity contribution in [3.8, 4) is 0 Å². The molecule has 0 radical (unpaired) electrons. The summed E-state index contributed by atoms with van der Waals surface area (Å²) >= 11 is 0. The topological polar surface area (TPSA) is 78.9 Å². The van der Waals surface area contributed by atoms with E-state index in [9.17, 15) is 14.7 Å². The first-order chi connectivity index (χ1) is 9.05. The van der Waals surface area contributed by atoms with Gasteiger partial charge in [0.1, 0.15) is 5.54 Å². The van der Waals surface area contributed by atoms with Crippen molar-refractivity contribution < 1.29 is 19.4 Å². The van der Waals surface area contributed by atoms with E-state index in [1.54, 1.807) is 12.2 Å². The molecule has 0 atom stereocenters. The van der Waals surface area contributed by atoms with Crippen LogP contribution in [0.15, 0.2) is 25.3 Å². The van der Waals surface area contributed by atoms with Crippen LogP contribution in [0.5, 0.6) is 0 Å². The smallest absolute Gasteiger partial charge is 0.329 e. The van der Waals surface area contributed by atoms with Crippen LogP contribution in [0.3, 0.4) is 0 Å². The molecule has 0 aromatic heterocycles. The van der Waals surface area contributed by atoms with E-state index in [-0.39, 0.29) is 12.8 Å². The zero-order chi connectivity index (χ0) is 14.3. The molecule has 1 aliphatic rings. The van der Waals surface area contributed by atoms with Crippen molar-refractivity contribution in [2.24, 2.45) is 0 Å². The van der Waals surface area contributed by atoms with E-state index in [1.165, 1.54) is 4.90 Å². The molecule has 1 fully saturated rings. The summed E-state index contributed by atoms with van der Waals surface area (Å²) in [6.45, 7) is 8.48. The first-order valence-corrected chi connectivity index (χ1v) is 6.16. The molecule has 0 aromatic carbocycles. The van der Waals surface area contributed by atoms with Crippen molar-refractivity contribution in [2.45, 2.75) is 18.4 Å². The minimum Gasteiger partial charge on any atom is -0.480 e. The third kappa shape index (κ3) is 3.82. The number of rotatable bonds is 6. The zero-order valence-electron chi connectivity index (χ0n) is 10.9. The van der Waals surface area contributed by atoms with Crippen LogP contribution < -0.4 is 5.32 Å². The number of nitrogens with one attached hydrogen (secondary N) is 1. The lowest BCUT2D eigenvalue weighted by Crippen LogP contribution is -2.60. The van der Waals surface area contributed by atoms with Crippen LogP contribution in [0.1, 0.15) is 12.8 Å². The number of hydrogen-bond acceptors (Lipinski definition) is 3. The van der Waals surface area contributed by atoms with Crippen LogP contribution in [0.4, 0.5) is 4.79 Å². The van der Waals surface area contributed by atoms with Gasteiger partial charge < -0.3 is 20.1 Å². The normalized spacial score (nSPS) is 17.3. The van der Waals surface area contributed by atoms with Gasteiger partial charge in [0.15, 0.2) is 0 Å². The highest BCUT2D eigenvalue weighted by atomic mass is 16.5. The molecule has 0 bridgehead atoms. The van der Waals surface area contributed by atoms with Gasteiger partial charge in [-0.3, -0.25) is 0 Å². The van der Waals surface area contributed by atoms with Crippen molar-refractivity contribution >= 4 is 12.0 Å². The van der Waals surface area contributed by atoms with Crippen LogP contribution in [-0.4, -0.2) is 53.8 Å². The van der Waals surface area contributed by atoms with Gasteiger partial charge in [-0.05, 0) is 0 Å². The molecule has 6 heteroatoms. The number of carboxylic acid groups (broad SMARTS) is 1. The Balaban J connectivity index is 2.77. The summed E-state index contributed by atoms with van der Waals surface area (Å²) in [4.78, 5) is 25.0. The van der Waals surface area contributed by atoms with Crippen LogP contribution in [0.2, 0.25) is 0 Å². The largest absolute Gasteiger partial charge is 0.480 e. The molecule has 1 aliphatic heterocycles. The van der Waals surface area contributed by atoms with Crippen LogP contribution in [0, 0.1) is 0 Å². The fraction of sp³-hybridized carbons (Fsp3) is 0.538. The van der Waals surface area contributed by atoms with Crippen LogP contribution >= 0.6 is 0 Å². The molecule has 0 spiro atoms. The lowest BCUT2D eigenvalue weighted by Gasteiger charge is -2.35. The van der Waals surface area contributed by atoms with E-state index in [0.29, 0.717) is 26.3 Å². The number of urea groups is 1. The number of carboxylic acids is 1. The van der Waals surface area contributed by atoms with E-state index in [4.69, 9.17) is 4.74 Å². The van der Waals surface area contributed by atoms with Crippen molar-refractivity contribution in [3.05, 3.63) is 25.3 Å². The average Bonchev–Trinajstić information content (AvgIpc) is 2.39. The third-order valence-corrected chi connectivity index (χ3v) is 3.09. The van der Waals surface area contributed by atoms with E-state index in [1.807, 2.05) is 0 Å². The Hall–Kier alpha value is -1.82. The maximum Gasteiger partial charge on any atom is 0.329 e. The van der Waals surface area contributed by atoms with E-state index in [0.717, 1.165) is 0 Å². The molecule has 0 unspecified atom stereocenters. The maximum absolute atomic E-state index is 12.1. The van der Waals surface area contributed by atoms with Crippen LogP contribution in [-0.2, 0) is 9.53 Å². The molecule has 2 amide bonds. The second-order valence-corrected chi connectivity index (χ2v) is 4.41. The van der Waals surface area contributed by atoms with Crippen molar-refractivity contribution in [1.82, 2.24) is 10.2 Å². The summed E-state index contributed by atoms with van der Waals surface area (Å²) in [6, 6.07) is -0.427. The van der Waals surface area contributed by atoms with E-state index in [2.05, 4.69) is 18.5 Å². The van der Waals surface area contributed by atoms with Gasteiger partial charge >= 0.3 is 12.0 Å². The Bertz CT molecular complexity index is 352. The fourth-order valence-corrected chi connectivity index (χ4v) is 1.95. The van der Waals surface area contributed by atoms with Gasteiger partial charge in [0.05, 0.1) is 0 Å². The minimum absolute atomic E-state index is 0.268. The van der Waals surface area contributed by atoms with E-state index >= 15 is 0 Å². The molecule has 1 rings (SSSR count). The highest BCUT2D eigenvalue weighted by Crippen LogP contribution is 2.21. The minimum atomic E-state index is -1.24. The number of nitrogens with zero attached hydrogens (tertiary/aromatic N) is 1. The first-order valence-electron chi connectivity index (χ1n) is 6.16. The highest BCUT2D eigenvalue weighted by Gasteiger charge is 2.42. The molecule has 1 saturated heterocycles. The SMILES string of the molecule is C=CCN(CC=C)C(=O)NC1(C(=O)O)CCOCC1. The Kier molecular flexibility index (Phi) is 5.57. The molecule has 19 heavy (non-hydrogen) atoms. The van der Waals surface area contributed by atoms with Gasteiger partial charge in [-0.15, -0.1) is 13.2 Å². The Labute approximate surface area is 112 Å². The first kappa shape index (κ1) is 15.2. The molecule has 2 N–H and O–H groups in total. The Morgan fingerprint density at radius 1 is 1.26 bits per heavy atom. The number of carbonyl (C=O) groups is 2. The Morgan fingerprint density at radius 3 is 2.21 bits per heavy atom. The number of ether oxygens (including phenoxy) is 1. The van der Waals surface area contributed by atoms with Gasteiger partial charge in [0, 0.05) is 39.1 Å². The van der Waals surface area contributed by atoms with Crippen LogP contribution in [0.25, 0.3) is 0 Å². The quantitative estimate of drug-likeness (QED) is 0.704. The molecular weight excluding hydrogens is 248 g/mol. The van der Waals surface area contributed by atoms with Gasteiger partial charge in [0.25, 0.3) is 0 Å². The second kappa shape index (κ2) is 6.94. The molecule has 0 aliphatic carbocycles. The standard InChI is InChI=1S/C13H20N2O4/c1-3-7-15(8-4-2)12(18)14-13(11(16)17)5-9-19-10-6-13/h3-4H,1-2,5-10H2,(H,14,18)(H,16,17). The lowest BCUT2D eigenvalue weighted by molar-refractivity contribution is -0.148. The lowest BCUT2D eigenvalue weighted by atomic mass is 9.90. The maximum atomic E-state index is 12.1. The molecule has 0 aromatic rings. The summed E-state index contributed by atoms with van der Waals surface area (Å²) in [5.41, 5.74) is -1.24. The van der Waals surface area contributed by atoms with Gasteiger partial charge in [-0.25, -0.2) is 9.59 Å². The molecule has 1 heterocycles. The summed E-state index contributed by atoms with van der Waals surface area (Å²) < 4.78 is 5.15. The van der Waals surface area contributed by atoms with Crippen molar-refractivity contribution in [1.29, 1.82) is 0 Å². The Morgan fingerprint density at radius 2 is 1.79 bits per heavy atom. The molecule has 6 nitrogen and oxygen atoms in total. The van der Waals surface area contributed by atoms with Crippen molar-refractivity contribution in [2.75, 3.05) is 26.3 Å². The predicted octanol–water partition coefficient (Wildman–Crippen LogP) is 1.00. The summed E-state index contributed by atoms with van der Waals surface area (Å²) in [5, 5.41) is 12.0. The van der Waals surface area contributed by atoms with E-state index < -0.39 is 17.5 Å². The summed E-state index contributed by atoms with van der Waals surface area (Å²) in [7, 11) is 0. The predicted molar refractivity (Wildman–Crippen MR) is 70.9 cm³/mol. The van der Waals surface area contributed by atoms with Crippen molar-refractivity contribution in [3.63, 3.8) is 0 Å². The summed E-state index contributed by atoms with van der Waals surface area (Å²) in [6.07, 6.45) is 3.70. The molecule has 0 saturated carbocycles. The second-order valence-electron chi connectivity index (χ2n) is 4.41. The number of hydrogen-bond donors (Lipinski definition) is 2. The summed E-state index contributed by atoms with van der Waals surface area (Å²) in [5.74, 6) is -1.03. The third-order valence-electron chi connectivity index (χ3n) is 3.09. The van der Waals surface area contributed by atoms with Gasteiger partial charge in [-0.1, -0.05) is 12.2 Å². The fourth-order valence-electron chi connectivity index (χ4n) is 1.95. The number of aliphatic carboxylic acids is 1. The highest BCUT2D eigenvalue weighted by molar-refractivity contribution is 5.86. The van der Waals surface area contributed by atoms with Gasteiger partial charge in [0.2, 0.25) is 0 Å². The molecule has 106 valence electrons. The zero-order valence-corrected chi connectivity index (χ0v) is 10.9. The molecular formula is C13H20N2O4. The number of amides is 2. The number of carbonyl (C=O) groups excluding carboxylic acids is 1. The average molecular weight is 268 g/mol. The van der Waals surface area contributed by atoms with Gasteiger partial charge in [-0.2, -0.15) is 0 Å². The monoisotopic (exact) mass is 268 g/mol.